The molecular weight excluding hydrogens is 228 g/mol. The van der Waals surface area contributed by atoms with Crippen LogP contribution in [0.3, 0.4) is 0 Å². The molecule has 0 fully saturated rings. The van der Waals surface area contributed by atoms with Gasteiger partial charge in [0.1, 0.15) is 0 Å². The maximum atomic E-state index is 2.19. The summed E-state index contributed by atoms with van der Waals surface area (Å²) in [6, 6.07) is 16.7. The Morgan fingerprint density at radius 3 is 0.842 bits per heavy atom. The van der Waals surface area contributed by atoms with E-state index < -0.39 is 0 Å². The van der Waals surface area contributed by atoms with Gasteiger partial charge in [0.15, 0.2) is 0 Å². The monoisotopic (exact) mass is 260 g/mol. The van der Waals surface area contributed by atoms with Crippen molar-refractivity contribution in [3.05, 3.63) is 48.5 Å². The third-order valence-electron chi connectivity index (χ3n) is 1.66. The lowest BCUT2D eigenvalue weighted by Gasteiger charge is -2.05. The number of fused-ring (bicyclic) bond motifs is 1. The summed E-state index contributed by atoms with van der Waals surface area (Å²) < 4.78 is 0. The highest BCUT2D eigenvalue weighted by Gasteiger charge is 1.95. The maximum absolute atomic E-state index is 2.19. The molecule has 0 aliphatic carbocycles. The Bertz CT molecular complexity index is 336. The molecule has 0 bridgehead atoms. The molecule has 0 heterocycles. The van der Waals surface area contributed by atoms with E-state index >= 15 is 0 Å². The Morgan fingerprint density at radius 2 is 0.684 bits per heavy atom. The summed E-state index contributed by atoms with van der Waals surface area (Å²) in [5.74, 6) is 0. The third kappa shape index (κ3) is 12.9. The van der Waals surface area contributed by atoms with Crippen LogP contribution in [0.2, 0.25) is 0 Å². The zero-order chi connectivity index (χ0) is 15.3. The molecule has 0 saturated heterocycles. The van der Waals surface area contributed by atoms with Gasteiger partial charge in [-0.1, -0.05) is 104 Å². The second kappa shape index (κ2) is 11.8. The molecule has 0 nitrogen and oxygen atoms in total. The number of rotatable bonds is 0. The van der Waals surface area contributed by atoms with E-state index in [2.05, 4.69) is 76.2 Å². The lowest BCUT2D eigenvalue weighted by Crippen LogP contribution is -1.93. The summed E-state index contributed by atoms with van der Waals surface area (Å²) in [6.45, 7) is 16.8. The molecule has 0 heteroatoms. The molecular formula is C19H32. The van der Waals surface area contributed by atoms with Gasteiger partial charge < -0.3 is 0 Å². The van der Waals surface area contributed by atoms with Gasteiger partial charge in [-0.15, -0.1) is 0 Å². The number of benzene rings is 2. The van der Waals surface area contributed by atoms with Crippen LogP contribution in [0.4, 0.5) is 0 Å². The Kier molecular flexibility index (Phi) is 12.4. The molecule has 0 aliphatic heterocycles. The first-order valence-corrected chi connectivity index (χ1v) is 7.40. The molecule has 2 aromatic rings. The molecule has 19 heavy (non-hydrogen) atoms. The average molecular weight is 260 g/mol. The SMILES string of the molecule is CC.CC.CC(C)(C)C.c1ccc2ccccc2c1. The van der Waals surface area contributed by atoms with Gasteiger partial charge in [-0.25, -0.2) is 0 Å². The standard InChI is InChI=1S/C10H8.C5H12.2C2H6/c1-2-6-10-8-4-3-7-9(10)5-1;1-5(2,3)4;2*1-2/h1-8H;1-4H3;2*1-2H3. The highest BCUT2D eigenvalue weighted by atomic mass is 14.0. The highest BCUT2D eigenvalue weighted by molar-refractivity contribution is 5.81. The normalized spacial score (nSPS) is 9.05. The van der Waals surface area contributed by atoms with Crippen LogP contribution >= 0.6 is 0 Å². The van der Waals surface area contributed by atoms with Crippen LogP contribution in [-0.2, 0) is 0 Å². The molecule has 0 aromatic heterocycles. The molecule has 0 N–H and O–H groups in total. The first-order chi connectivity index (χ1) is 8.97. The Labute approximate surface area is 120 Å². The minimum atomic E-state index is 0.500. The van der Waals surface area contributed by atoms with Gasteiger partial charge in [0.25, 0.3) is 0 Å². The number of hydrogen-bond acceptors (Lipinski definition) is 0. The van der Waals surface area contributed by atoms with Crippen molar-refractivity contribution in [3.63, 3.8) is 0 Å². The third-order valence-corrected chi connectivity index (χ3v) is 1.66. The van der Waals surface area contributed by atoms with Crippen LogP contribution in [-0.4, -0.2) is 0 Å². The van der Waals surface area contributed by atoms with E-state index in [9.17, 15) is 0 Å². The summed E-state index contributed by atoms with van der Waals surface area (Å²) in [6.07, 6.45) is 0. The van der Waals surface area contributed by atoms with E-state index in [4.69, 9.17) is 0 Å². The summed E-state index contributed by atoms with van der Waals surface area (Å²) in [5, 5.41) is 2.62. The van der Waals surface area contributed by atoms with Crippen molar-refractivity contribution in [1.29, 1.82) is 0 Å². The van der Waals surface area contributed by atoms with E-state index in [1.54, 1.807) is 0 Å². The fourth-order valence-electron chi connectivity index (χ4n) is 1.13. The summed E-state index contributed by atoms with van der Waals surface area (Å²) >= 11 is 0. The van der Waals surface area contributed by atoms with Gasteiger partial charge in [0, 0.05) is 0 Å². The molecule has 0 spiro atoms. The van der Waals surface area contributed by atoms with Crippen LogP contribution in [0.25, 0.3) is 10.8 Å². The van der Waals surface area contributed by atoms with Crippen molar-refractivity contribution < 1.29 is 0 Å². The van der Waals surface area contributed by atoms with Gasteiger partial charge in [0.05, 0.1) is 0 Å². The van der Waals surface area contributed by atoms with Crippen molar-refractivity contribution in [1.82, 2.24) is 0 Å². The zero-order valence-corrected chi connectivity index (χ0v) is 14.1. The predicted octanol–water partition coefficient (Wildman–Crippen LogP) is 6.94. The molecule has 0 saturated carbocycles. The van der Waals surface area contributed by atoms with Gasteiger partial charge in [-0.2, -0.15) is 0 Å². The highest BCUT2D eigenvalue weighted by Crippen LogP contribution is 2.11. The van der Waals surface area contributed by atoms with Crippen LogP contribution < -0.4 is 0 Å². The summed E-state index contributed by atoms with van der Waals surface area (Å²) in [4.78, 5) is 0. The van der Waals surface area contributed by atoms with E-state index in [0.29, 0.717) is 5.41 Å². The topological polar surface area (TPSA) is 0 Å². The second-order valence-electron chi connectivity index (χ2n) is 5.35. The van der Waals surface area contributed by atoms with E-state index in [1.165, 1.54) is 10.8 Å². The smallest absolute Gasteiger partial charge is 0.0184 e. The van der Waals surface area contributed by atoms with Gasteiger partial charge in [0.2, 0.25) is 0 Å². The quantitative estimate of drug-likeness (QED) is 0.481. The molecule has 108 valence electrons. The van der Waals surface area contributed by atoms with Gasteiger partial charge >= 0.3 is 0 Å². The molecule has 0 radical (unpaired) electrons. The van der Waals surface area contributed by atoms with Crippen LogP contribution in [0.15, 0.2) is 48.5 Å². The van der Waals surface area contributed by atoms with Crippen molar-refractivity contribution in [3.8, 4) is 0 Å². The Balaban J connectivity index is 0. The van der Waals surface area contributed by atoms with Gasteiger partial charge in [-0.3, -0.25) is 0 Å². The van der Waals surface area contributed by atoms with Crippen LogP contribution in [0.1, 0.15) is 55.4 Å². The van der Waals surface area contributed by atoms with E-state index in [1.807, 2.05) is 27.7 Å². The molecule has 0 unspecified atom stereocenters. The first kappa shape index (κ1) is 20.0. The van der Waals surface area contributed by atoms with E-state index in [-0.39, 0.29) is 0 Å². The fraction of sp³-hybridized carbons (Fsp3) is 0.474. The summed E-state index contributed by atoms with van der Waals surface area (Å²) in [7, 11) is 0. The minimum absolute atomic E-state index is 0.500. The van der Waals surface area contributed by atoms with Crippen molar-refractivity contribution in [2.24, 2.45) is 5.41 Å². The molecule has 2 aromatic carbocycles. The lowest BCUT2D eigenvalue weighted by molar-refractivity contribution is 0.469. The van der Waals surface area contributed by atoms with Crippen LogP contribution in [0, 0.1) is 5.41 Å². The van der Waals surface area contributed by atoms with Crippen molar-refractivity contribution >= 4 is 10.8 Å². The maximum Gasteiger partial charge on any atom is -0.0184 e. The molecule has 0 aliphatic rings. The zero-order valence-electron chi connectivity index (χ0n) is 14.1. The van der Waals surface area contributed by atoms with Gasteiger partial charge in [-0.05, 0) is 16.2 Å². The van der Waals surface area contributed by atoms with E-state index in [0.717, 1.165) is 0 Å². The lowest BCUT2D eigenvalue weighted by atomic mass is 10.0. The Hall–Kier alpha value is -1.30. The molecule has 0 amide bonds. The predicted molar refractivity (Wildman–Crippen MR) is 91.8 cm³/mol. The largest absolute Gasteiger partial charge is 0.0683 e. The fourth-order valence-corrected chi connectivity index (χ4v) is 1.13. The first-order valence-electron chi connectivity index (χ1n) is 7.40. The van der Waals surface area contributed by atoms with Crippen molar-refractivity contribution in [2.45, 2.75) is 55.4 Å². The number of hydrogen-bond donors (Lipinski definition) is 0. The average Bonchev–Trinajstić information content (AvgIpc) is 2.42. The van der Waals surface area contributed by atoms with Crippen LogP contribution in [0.5, 0.6) is 0 Å². The molecule has 0 atom stereocenters. The Morgan fingerprint density at radius 1 is 0.526 bits per heavy atom. The molecule has 2 rings (SSSR count). The second-order valence-corrected chi connectivity index (χ2v) is 5.35. The summed E-state index contributed by atoms with van der Waals surface area (Å²) in [5.41, 5.74) is 0.500. The van der Waals surface area contributed by atoms with Crippen molar-refractivity contribution in [2.75, 3.05) is 0 Å². The minimum Gasteiger partial charge on any atom is -0.0683 e.